The van der Waals surface area contributed by atoms with Gasteiger partial charge in [0.05, 0.1) is 12.2 Å². The van der Waals surface area contributed by atoms with Crippen molar-refractivity contribution < 1.29 is 10.2 Å². The molecule has 4 aliphatic rings. The Hall–Kier alpha value is -0.340. The molecule has 4 rings (SSSR count). The van der Waals surface area contributed by atoms with Crippen molar-refractivity contribution in [3.63, 3.8) is 0 Å². The molecule has 0 aromatic heterocycles. The molecule has 3 unspecified atom stereocenters. The Morgan fingerprint density at radius 3 is 2.48 bits per heavy atom. The number of allylic oxidation sites excluding steroid dienone is 1. The minimum Gasteiger partial charge on any atom is -0.393 e. The molecule has 0 aromatic carbocycles. The highest BCUT2D eigenvalue weighted by atomic mass is 16.3. The Labute approximate surface area is 179 Å². The molecular weight excluding hydrogens is 356 g/mol. The molecule has 2 nitrogen and oxygen atoms in total. The van der Waals surface area contributed by atoms with Crippen LogP contribution in [0.3, 0.4) is 0 Å². The second-order valence-corrected chi connectivity index (χ2v) is 12.3. The SMILES string of the molecule is CC(C)CCC[C@@H](C)[C@H]1C(O)C=C2[C@@H]3CCC4CC(O)CC[C@]4(C)[C@H]3CC[C@@]21C. The third-order valence-corrected chi connectivity index (χ3v) is 10.2. The molecule has 4 aliphatic carbocycles. The van der Waals surface area contributed by atoms with Gasteiger partial charge in [-0.05, 0) is 85.4 Å². The lowest BCUT2D eigenvalue weighted by atomic mass is 9.45. The summed E-state index contributed by atoms with van der Waals surface area (Å²) in [4.78, 5) is 0. The normalized spacial score (nSPS) is 47.9. The van der Waals surface area contributed by atoms with Crippen LogP contribution in [0.1, 0.15) is 98.8 Å². The highest BCUT2D eigenvalue weighted by molar-refractivity contribution is 5.32. The van der Waals surface area contributed by atoms with E-state index < -0.39 is 0 Å². The molecule has 29 heavy (non-hydrogen) atoms. The summed E-state index contributed by atoms with van der Waals surface area (Å²) in [5.74, 6) is 3.91. The van der Waals surface area contributed by atoms with E-state index in [9.17, 15) is 10.2 Å². The summed E-state index contributed by atoms with van der Waals surface area (Å²) < 4.78 is 0. The van der Waals surface area contributed by atoms with Crippen molar-refractivity contribution >= 4 is 0 Å². The molecule has 3 fully saturated rings. The van der Waals surface area contributed by atoms with Gasteiger partial charge in [-0.1, -0.05) is 65.5 Å². The number of aliphatic hydroxyl groups excluding tert-OH is 2. The number of fused-ring (bicyclic) bond motifs is 5. The summed E-state index contributed by atoms with van der Waals surface area (Å²) in [7, 11) is 0. The van der Waals surface area contributed by atoms with Gasteiger partial charge in [0.25, 0.3) is 0 Å². The van der Waals surface area contributed by atoms with Crippen molar-refractivity contribution in [1.82, 2.24) is 0 Å². The van der Waals surface area contributed by atoms with Gasteiger partial charge in [0.2, 0.25) is 0 Å². The third-order valence-electron chi connectivity index (χ3n) is 10.2. The lowest BCUT2D eigenvalue weighted by Crippen LogP contribution is -2.52. The molecule has 9 atom stereocenters. The van der Waals surface area contributed by atoms with Gasteiger partial charge in [-0.15, -0.1) is 0 Å². The Kier molecular flexibility index (Phi) is 6.01. The van der Waals surface area contributed by atoms with E-state index in [1.165, 1.54) is 51.4 Å². The van der Waals surface area contributed by atoms with Gasteiger partial charge in [0, 0.05) is 5.92 Å². The van der Waals surface area contributed by atoms with Gasteiger partial charge in [-0.25, -0.2) is 0 Å². The summed E-state index contributed by atoms with van der Waals surface area (Å²) in [6.45, 7) is 12.1. The molecule has 0 spiro atoms. The summed E-state index contributed by atoms with van der Waals surface area (Å²) in [5.41, 5.74) is 2.23. The topological polar surface area (TPSA) is 40.5 Å². The minimum absolute atomic E-state index is 0.0675. The summed E-state index contributed by atoms with van der Waals surface area (Å²) in [6, 6.07) is 0. The van der Waals surface area contributed by atoms with Crippen molar-refractivity contribution in [3.8, 4) is 0 Å². The van der Waals surface area contributed by atoms with Gasteiger partial charge >= 0.3 is 0 Å². The molecule has 0 heterocycles. The van der Waals surface area contributed by atoms with E-state index in [0.29, 0.717) is 29.1 Å². The second-order valence-electron chi connectivity index (χ2n) is 12.3. The van der Waals surface area contributed by atoms with E-state index in [1.807, 2.05) is 0 Å². The highest BCUT2D eigenvalue weighted by Gasteiger charge is 2.59. The first kappa shape index (κ1) is 21.9. The molecular formula is C27H46O2. The zero-order valence-corrected chi connectivity index (χ0v) is 19.7. The van der Waals surface area contributed by atoms with E-state index in [2.05, 4.69) is 40.7 Å². The molecule has 3 saturated carbocycles. The highest BCUT2D eigenvalue weighted by Crippen LogP contribution is 2.66. The van der Waals surface area contributed by atoms with E-state index in [-0.39, 0.29) is 17.6 Å². The fourth-order valence-electron chi connectivity index (χ4n) is 8.63. The molecule has 0 bridgehead atoms. The van der Waals surface area contributed by atoms with Crippen LogP contribution >= 0.6 is 0 Å². The fraction of sp³-hybridized carbons (Fsp3) is 0.926. The average Bonchev–Trinajstić information content (AvgIpc) is 2.92. The molecule has 2 heteroatoms. The number of hydrogen-bond donors (Lipinski definition) is 2. The molecule has 0 saturated heterocycles. The van der Waals surface area contributed by atoms with Crippen molar-refractivity contribution in [2.75, 3.05) is 0 Å². The lowest BCUT2D eigenvalue weighted by molar-refractivity contribution is -0.0887. The average molecular weight is 403 g/mol. The van der Waals surface area contributed by atoms with Crippen molar-refractivity contribution in [1.29, 1.82) is 0 Å². The van der Waals surface area contributed by atoms with Crippen LogP contribution in [0, 0.1) is 46.3 Å². The molecule has 0 amide bonds. The second kappa shape index (κ2) is 7.97. The van der Waals surface area contributed by atoms with Crippen LogP contribution in [0.2, 0.25) is 0 Å². The quantitative estimate of drug-likeness (QED) is 0.525. The Balaban J connectivity index is 1.52. The first-order valence-corrected chi connectivity index (χ1v) is 12.7. The van der Waals surface area contributed by atoms with Crippen LogP contribution in [0.5, 0.6) is 0 Å². The molecule has 2 N–H and O–H groups in total. The summed E-state index contributed by atoms with van der Waals surface area (Å²) in [6.07, 6.45) is 14.2. The Morgan fingerprint density at radius 2 is 1.76 bits per heavy atom. The van der Waals surface area contributed by atoms with Crippen LogP contribution in [-0.4, -0.2) is 22.4 Å². The first-order chi connectivity index (χ1) is 13.7. The number of rotatable bonds is 5. The summed E-state index contributed by atoms with van der Waals surface area (Å²) >= 11 is 0. The zero-order valence-electron chi connectivity index (χ0n) is 19.7. The fourth-order valence-corrected chi connectivity index (χ4v) is 8.63. The molecule has 0 aliphatic heterocycles. The first-order valence-electron chi connectivity index (χ1n) is 12.7. The monoisotopic (exact) mass is 402 g/mol. The van der Waals surface area contributed by atoms with Crippen LogP contribution < -0.4 is 0 Å². The number of hydrogen-bond acceptors (Lipinski definition) is 2. The van der Waals surface area contributed by atoms with Crippen LogP contribution in [0.15, 0.2) is 11.6 Å². The smallest absolute Gasteiger partial charge is 0.0762 e. The third kappa shape index (κ3) is 3.65. The van der Waals surface area contributed by atoms with E-state index in [1.54, 1.807) is 5.57 Å². The maximum atomic E-state index is 11.2. The number of aliphatic hydroxyl groups is 2. The van der Waals surface area contributed by atoms with Crippen molar-refractivity contribution in [2.24, 2.45) is 46.3 Å². The molecule has 0 radical (unpaired) electrons. The van der Waals surface area contributed by atoms with Crippen molar-refractivity contribution in [2.45, 2.75) is 111 Å². The Morgan fingerprint density at radius 1 is 1.00 bits per heavy atom. The van der Waals surface area contributed by atoms with Gasteiger partial charge in [0.1, 0.15) is 0 Å². The summed E-state index contributed by atoms with van der Waals surface area (Å²) in [5, 5.41) is 21.4. The Bertz CT molecular complexity index is 624. The van der Waals surface area contributed by atoms with E-state index in [0.717, 1.165) is 24.7 Å². The maximum Gasteiger partial charge on any atom is 0.0762 e. The van der Waals surface area contributed by atoms with Gasteiger partial charge in [-0.2, -0.15) is 0 Å². The van der Waals surface area contributed by atoms with Gasteiger partial charge < -0.3 is 10.2 Å². The van der Waals surface area contributed by atoms with Gasteiger partial charge in [-0.3, -0.25) is 0 Å². The standard InChI is InChI=1S/C27H46O2/c1-17(2)7-6-8-18(3)25-24(29)16-23-21-10-9-19-15-20(28)11-13-26(19,4)22(21)12-14-27(23,25)5/h16-22,24-25,28-29H,6-15H2,1-5H3/t18-,19?,20?,21-,22+,24?,25+,26+,27+/m1/s1. The van der Waals surface area contributed by atoms with Crippen LogP contribution in [-0.2, 0) is 0 Å². The lowest BCUT2D eigenvalue weighted by Gasteiger charge is -2.59. The maximum absolute atomic E-state index is 11.2. The minimum atomic E-state index is -0.249. The van der Waals surface area contributed by atoms with Crippen LogP contribution in [0.4, 0.5) is 0 Å². The predicted octanol–water partition coefficient (Wildman–Crippen LogP) is 6.36. The van der Waals surface area contributed by atoms with Crippen LogP contribution in [0.25, 0.3) is 0 Å². The van der Waals surface area contributed by atoms with E-state index >= 15 is 0 Å². The van der Waals surface area contributed by atoms with Gasteiger partial charge in [0.15, 0.2) is 0 Å². The largest absolute Gasteiger partial charge is 0.393 e. The van der Waals surface area contributed by atoms with Crippen molar-refractivity contribution in [3.05, 3.63) is 11.6 Å². The van der Waals surface area contributed by atoms with E-state index in [4.69, 9.17) is 0 Å². The zero-order chi connectivity index (χ0) is 21.0. The molecule has 0 aromatic rings. The molecule has 166 valence electrons. The predicted molar refractivity (Wildman–Crippen MR) is 120 cm³/mol.